The molecule has 2 heterocycles. The van der Waals surface area contributed by atoms with E-state index in [9.17, 15) is 14.0 Å². The van der Waals surface area contributed by atoms with Crippen LogP contribution >= 0.6 is 0 Å². The number of aromatic nitrogens is 2. The fourth-order valence-electron chi connectivity index (χ4n) is 4.11. The summed E-state index contributed by atoms with van der Waals surface area (Å²) < 4.78 is 20.9. The highest BCUT2D eigenvalue weighted by Gasteiger charge is 2.47. The van der Waals surface area contributed by atoms with Crippen LogP contribution in [0.2, 0.25) is 0 Å². The van der Waals surface area contributed by atoms with Crippen molar-refractivity contribution in [2.24, 2.45) is 11.8 Å². The van der Waals surface area contributed by atoms with E-state index in [1.807, 2.05) is 28.8 Å². The van der Waals surface area contributed by atoms with Gasteiger partial charge in [-0.25, -0.2) is 9.37 Å². The van der Waals surface area contributed by atoms with E-state index in [2.05, 4.69) is 13.8 Å². The van der Waals surface area contributed by atoms with Crippen LogP contribution in [0.15, 0.2) is 48.5 Å². The summed E-state index contributed by atoms with van der Waals surface area (Å²) in [5.74, 6) is -1.50. The number of esters is 1. The van der Waals surface area contributed by atoms with Gasteiger partial charge in [-0.1, -0.05) is 38.1 Å². The normalized spacial score (nSPS) is 18.5. The molecule has 0 unspecified atom stereocenters. The second-order valence-corrected chi connectivity index (χ2v) is 8.17. The maximum Gasteiger partial charge on any atom is 0.321 e. The molecule has 0 bridgehead atoms. The number of nitrogens with zero attached hydrogens (tertiary/aromatic N) is 3. The first-order valence-electron chi connectivity index (χ1n) is 10.6. The van der Waals surface area contributed by atoms with Gasteiger partial charge in [0.2, 0.25) is 11.9 Å². The molecule has 1 aliphatic rings. The number of carbonyl (C=O) groups is 2. The molecule has 7 heteroatoms. The molecule has 0 N–H and O–H groups in total. The van der Waals surface area contributed by atoms with Crippen LogP contribution in [-0.2, 0) is 14.3 Å². The Morgan fingerprint density at radius 3 is 2.55 bits per heavy atom. The third-order valence-electron chi connectivity index (χ3n) is 5.63. The third-order valence-corrected chi connectivity index (χ3v) is 5.63. The molecular weight excluding hydrogens is 397 g/mol. The zero-order valence-electron chi connectivity index (χ0n) is 17.9. The molecule has 6 nitrogen and oxygen atoms in total. The van der Waals surface area contributed by atoms with Crippen molar-refractivity contribution < 1.29 is 18.7 Å². The molecule has 1 aliphatic heterocycles. The van der Waals surface area contributed by atoms with Gasteiger partial charge in [-0.05, 0) is 49.1 Å². The first-order valence-corrected chi connectivity index (χ1v) is 10.6. The van der Waals surface area contributed by atoms with Crippen LogP contribution in [0.4, 0.5) is 10.3 Å². The quantitative estimate of drug-likeness (QED) is 0.437. The van der Waals surface area contributed by atoms with Crippen molar-refractivity contribution in [3.63, 3.8) is 0 Å². The second-order valence-electron chi connectivity index (χ2n) is 8.17. The monoisotopic (exact) mass is 423 g/mol. The summed E-state index contributed by atoms with van der Waals surface area (Å²) in [6.07, 6.45) is 0.770. The molecule has 0 spiro atoms. The maximum atomic E-state index is 13.6. The maximum absolute atomic E-state index is 13.6. The number of fused-ring (bicyclic) bond motifs is 3. The average Bonchev–Trinajstić information content (AvgIpc) is 3.12. The molecule has 2 aromatic carbocycles. The Hall–Kier alpha value is -3.22. The predicted octanol–water partition coefficient (Wildman–Crippen LogP) is 4.34. The zero-order valence-corrected chi connectivity index (χ0v) is 17.9. The van der Waals surface area contributed by atoms with Gasteiger partial charge in [0.25, 0.3) is 0 Å². The zero-order chi connectivity index (χ0) is 22.1. The molecule has 2 atom stereocenters. The Morgan fingerprint density at radius 1 is 1.16 bits per heavy atom. The molecule has 0 aliphatic carbocycles. The van der Waals surface area contributed by atoms with Crippen molar-refractivity contribution in [2.45, 2.75) is 33.2 Å². The number of hydrogen-bond acceptors (Lipinski definition) is 4. The Labute approximate surface area is 180 Å². The van der Waals surface area contributed by atoms with Gasteiger partial charge in [0, 0.05) is 6.54 Å². The number of para-hydroxylation sites is 2. The van der Waals surface area contributed by atoms with Gasteiger partial charge in [0.05, 0.1) is 23.7 Å². The molecule has 3 aromatic rings. The van der Waals surface area contributed by atoms with Gasteiger partial charge >= 0.3 is 5.97 Å². The summed E-state index contributed by atoms with van der Waals surface area (Å²) in [6.45, 7) is 6.50. The van der Waals surface area contributed by atoms with Gasteiger partial charge in [-0.2, -0.15) is 0 Å². The van der Waals surface area contributed by atoms with Crippen molar-refractivity contribution in [1.82, 2.24) is 9.55 Å². The van der Waals surface area contributed by atoms with Gasteiger partial charge in [0.1, 0.15) is 5.82 Å². The second kappa shape index (κ2) is 8.49. The smallest absolute Gasteiger partial charge is 0.321 e. The molecule has 31 heavy (non-hydrogen) atoms. The Bertz CT molecular complexity index is 1110. The number of imidazole rings is 1. The fraction of sp³-hybridized carbons (Fsp3) is 0.375. The lowest BCUT2D eigenvalue weighted by atomic mass is 9.89. The first-order chi connectivity index (χ1) is 14.9. The summed E-state index contributed by atoms with van der Waals surface area (Å²) in [5, 5.41) is 0. The van der Waals surface area contributed by atoms with Crippen LogP contribution in [-0.4, -0.2) is 34.6 Å². The molecule has 0 radical (unpaired) electrons. The van der Waals surface area contributed by atoms with Crippen LogP contribution in [0.5, 0.6) is 0 Å². The van der Waals surface area contributed by atoms with Crippen LogP contribution < -0.4 is 4.90 Å². The van der Waals surface area contributed by atoms with E-state index in [1.165, 1.54) is 12.1 Å². The summed E-state index contributed by atoms with van der Waals surface area (Å²) in [6, 6.07) is 12.8. The van der Waals surface area contributed by atoms with Gasteiger partial charge in [-0.3, -0.25) is 14.5 Å². The van der Waals surface area contributed by atoms with E-state index >= 15 is 0 Å². The Kier molecular flexibility index (Phi) is 5.76. The third kappa shape index (κ3) is 3.80. The van der Waals surface area contributed by atoms with E-state index in [0.29, 0.717) is 24.0 Å². The predicted molar refractivity (Wildman–Crippen MR) is 116 cm³/mol. The first kappa shape index (κ1) is 21.0. The molecular formula is C24H26FN3O3. The van der Waals surface area contributed by atoms with E-state index in [0.717, 1.165) is 17.5 Å². The topological polar surface area (TPSA) is 64.4 Å². The van der Waals surface area contributed by atoms with Gasteiger partial charge in [0.15, 0.2) is 5.92 Å². The number of rotatable bonds is 6. The SMILES string of the molecule is CCOC(=O)[C@@H]1C(=O)N(CCC(C)C)c2nc3ccccc3n2[C@H]1c1ccc(F)cc1. The molecule has 1 aromatic heterocycles. The van der Waals surface area contributed by atoms with Crippen molar-refractivity contribution >= 4 is 28.9 Å². The molecule has 0 fully saturated rings. The minimum Gasteiger partial charge on any atom is -0.465 e. The molecule has 162 valence electrons. The number of anilines is 1. The molecule has 1 amide bonds. The highest BCUT2D eigenvalue weighted by atomic mass is 19.1. The summed E-state index contributed by atoms with van der Waals surface area (Å²) in [4.78, 5) is 33.0. The lowest BCUT2D eigenvalue weighted by Crippen LogP contribution is -2.50. The number of benzene rings is 2. The summed E-state index contributed by atoms with van der Waals surface area (Å²) >= 11 is 0. The summed E-state index contributed by atoms with van der Waals surface area (Å²) in [5.41, 5.74) is 2.19. The minimum atomic E-state index is -1.08. The van der Waals surface area contributed by atoms with E-state index in [-0.39, 0.29) is 18.3 Å². The molecule has 0 saturated heterocycles. The molecule has 4 rings (SSSR count). The van der Waals surface area contributed by atoms with Crippen molar-refractivity contribution in [3.8, 4) is 0 Å². The van der Waals surface area contributed by atoms with Crippen molar-refractivity contribution in [1.29, 1.82) is 0 Å². The van der Waals surface area contributed by atoms with Gasteiger partial charge in [-0.15, -0.1) is 0 Å². The van der Waals surface area contributed by atoms with Crippen LogP contribution in [0, 0.1) is 17.7 Å². The Balaban J connectivity index is 1.95. The van der Waals surface area contributed by atoms with Crippen molar-refractivity contribution in [2.75, 3.05) is 18.1 Å². The van der Waals surface area contributed by atoms with Crippen LogP contribution in [0.3, 0.4) is 0 Å². The highest BCUT2D eigenvalue weighted by molar-refractivity contribution is 6.08. The largest absolute Gasteiger partial charge is 0.465 e. The number of carbonyl (C=O) groups excluding carboxylic acids is 2. The highest BCUT2D eigenvalue weighted by Crippen LogP contribution is 2.41. The lowest BCUT2D eigenvalue weighted by molar-refractivity contribution is -0.153. The van der Waals surface area contributed by atoms with E-state index in [1.54, 1.807) is 24.0 Å². The number of halogens is 1. The number of ether oxygens (including phenoxy) is 1. The Morgan fingerprint density at radius 2 is 1.87 bits per heavy atom. The van der Waals surface area contributed by atoms with E-state index < -0.39 is 17.9 Å². The summed E-state index contributed by atoms with van der Waals surface area (Å²) in [7, 11) is 0. The standard InChI is InChI=1S/C24H26FN3O3/c1-4-31-23(30)20-21(16-9-11-17(25)12-10-16)28-19-8-6-5-7-18(19)26-24(28)27(22(20)29)14-13-15(2)3/h5-12,15,20-21H,4,13-14H2,1-3H3/t20-,21-/m0/s1. The fourth-order valence-corrected chi connectivity index (χ4v) is 4.11. The van der Waals surface area contributed by atoms with Gasteiger partial charge < -0.3 is 9.30 Å². The van der Waals surface area contributed by atoms with E-state index in [4.69, 9.17) is 9.72 Å². The number of hydrogen-bond donors (Lipinski definition) is 0. The van der Waals surface area contributed by atoms with Crippen LogP contribution in [0.25, 0.3) is 11.0 Å². The number of amides is 1. The molecule has 0 saturated carbocycles. The lowest BCUT2D eigenvalue weighted by Gasteiger charge is -2.38. The average molecular weight is 423 g/mol. The minimum absolute atomic E-state index is 0.169. The van der Waals surface area contributed by atoms with Crippen LogP contribution in [0.1, 0.15) is 38.8 Å². The van der Waals surface area contributed by atoms with Crippen molar-refractivity contribution in [3.05, 3.63) is 59.9 Å².